The lowest BCUT2D eigenvalue weighted by Gasteiger charge is -2.30. The quantitative estimate of drug-likeness (QED) is 0.668. The van der Waals surface area contributed by atoms with E-state index in [1.165, 1.54) is 11.1 Å². The van der Waals surface area contributed by atoms with Crippen LogP contribution in [0.3, 0.4) is 0 Å². The van der Waals surface area contributed by atoms with E-state index in [2.05, 4.69) is 44.8 Å². The molecule has 2 aliphatic rings. The third-order valence-corrected chi connectivity index (χ3v) is 5.62. The third-order valence-electron chi connectivity index (χ3n) is 5.62. The van der Waals surface area contributed by atoms with E-state index in [1.807, 2.05) is 12.1 Å². The van der Waals surface area contributed by atoms with Crippen LogP contribution >= 0.6 is 0 Å². The second-order valence-electron chi connectivity index (χ2n) is 7.90. The first-order valence-electron chi connectivity index (χ1n) is 10.1. The Morgan fingerprint density at radius 1 is 1.29 bits per heavy atom. The fourth-order valence-electron chi connectivity index (χ4n) is 3.93. The first kappa shape index (κ1) is 19.1. The van der Waals surface area contributed by atoms with Gasteiger partial charge in [-0.15, -0.1) is 0 Å². The SMILES string of the molecule is O=C(NC[C@H](O)CN1CCc2ccccc2C1)c1cc(CC2CNC2)ccn1. The Labute approximate surface area is 166 Å². The predicted octanol–water partition coefficient (Wildman–Crippen LogP) is 0.992. The molecule has 1 fully saturated rings. The van der Waals surface area contributed by atoms with Gasteiger partial charge in [0.2, 0.25) is 0 Å². The Kier molecular flexibility index (Phi) is 6.00. The van der Waals surface area contributed by atoms with E-state index in [4.69, 9.17) is 0 Å². The van der Waals surface area contributed by atoms with Gasteiger partial charge in [0.1, 0.15) is 5.69 Å². The minimum atomic E-state index is -0.599. The van der Waals surface area contributed by atoms with Crippen molar-refractivity contribution >= 4 is 5.91 Å². The molecule has 2 aliphatic heterocycles. The number of rotatable bonds is 7. The van der Waals surface area contributed by atoms with Crippen molar-refractivity contribution in [3.8, 4) is 0 Å². The Balaban J connectivity index is 1.25. The van der Waals surface area contributed by atoms with E-state index < -0.39 is 6.10 Å². The van der Waals surface area contributed by atoms with Crippen LogP contribution in [-0.4, -0.2) is 59.7 Å². The summed E-state index contributed by atoms with van der Waals surface area (Å²) < 4.78 is 0. The van der Waals surface area contributed by atoms with Crippen LogP contribution in [0.5, 0.6) is 0 Å². The highest BCUT2D eigenvalue weighted by Gasteiger charge is 2.20. The molecule has 1 aromatic carbocycles. The number of nitrogens with one attached hydrogen (secondary N) is 2. The van der Waals surface area contributed by atoms with Crippen molar-refractivity contribution < 1.29 is 9.90 Å². The minimum absolute atomic E-state index is 0.225. The van der Waals surface area contributed by atoms with Crippen molar-refractivity contribution in [3.63, 3.8) is 0 Å². The number of β-amino-alcohol motifs (C(OH)–C–C–N with tert-alkyl or cyclic N) is 1. The zero-order valence-electron chi connectivity index (χ0n) is 16.1. The Hall–Kier alpha value is -2.28. The Bertz CT molecular complexity index is 822. The minimum Gasteiger partial charge on any atom is -0.390 e. The number of aliphatic hydroxyl groups excluding tert-OH is 1. The summed E-state index contributed by atoms with van der Waals surface area (Å²) in [6.07, 6.45) is 3.06. The van der Waals surface area contributed by atoms with Crippen LogP contribution in [0.15, 0.2) is 42.6 Å². The van der Waals surface area contributed by atoms with E-state index in [9.17, 15) is 9.90 Å². The summed E-state index contributed by atoms with van der Waals surface area (Å²) in [4.78, 5) is 18.8. The lowest BCUT2D eigenvalue weighted by molar-refractivity contribution is 0.0838. The van der Waals surface area contributed by atoms with Crippen molar-refractivity contribution in [2.45, 2.75) is 25.5 Å². The molecule has 3 N–H and O–H groups in total. The maximum Gasteiger partial charge on any atom is 0.269 e. The summed E-state index contributed by atoms with van der Waals surface area (Å²) in [5.41, 5.74) is 4.28. The highest BCUT2D eigenvalue weighted by Crippen LogP contribution is 2.18. The lowest BCUT2D eigenvalue weighted by Crippen LogP contribution is -2.43. The average Bonchev–Trinajstić information content (AvgIpc) is 2.69. The molecule has 0 bridgehead atoms. The molecule has 1 saturated heterocycles. The van der Waals surface area contributed by atoms with Gasteiger partial charge in [-0.2, -0.15) is 0 Å². The van der Waals surface area contributed by atoms with Crippen LogP contribution in [-0.2, 0) is 19.4 Å². The first-order valence-corrected chi connectivity index (χ1v) is 10.1. The lowest BCUT2D eigenvalue weighted by atomic mass is 9.94. The van der Waals surface area contributed by atoms with Crippen LogP contribution in [0.4, 0.5) is 0 Å². The molecule has 0 saturated carbocycles. The zero-order valence-corrected chi connectivity index (χ0v) is 16.1. The largest absolute Gasteiger partial charge is 0.390 e. The molecule has 2 aromatic rings. The fourth-order valence-corrected chi connectivity index (χ4v) is 3.93. The number of carbonyl (C=O) groups is 1. The summed E-state index contributed by atoms with van der Waals surface area (Å²) >= 11 is 0. The number of amides is 1. The van der Waals surface area contributed by atoms with Gasteiger partial charge in [-0.1, -0.05) is 24.3 Å². The van der Waals surface area contributed by atoms with Crippen molar-refractivity contribution in [3.05, 3.63) is 65.0 Å². The van der Waals surface area contributed by atoms with Crippen molar-refractivity contribution in [1.29, 1.82) is 0 Å². The van der Waals surface area contributed by atoms with E-state index in [0.717, 1.165) is 44.6 Å². The monoisotopic (exact) mass is 380 g/mol. The molecule has 6 heteroatoms. The topological polar surface area (TPSA) is 77.5 Å². The zero-order chi connectivity index (χ0) is 19.3. The van der Waals surface area contributed by atoms with Gasteiger partial charge in [-0.25, -0.2) is 0 Å². The normalized spacial score (nSPS) is 18.2. The van der Waals surface area contributed by atoms with Gasteiger partial charge < -0.3 is 15.7 Å². The number of pyridine rings is 1. The standard InChI is InChI=1S/C22H28N4O2/c27-20(15-26-8-6-18-3-1-2-4-19(18)14-26)13-25-22(28)21-10-16(5-7-24-21)9-17-11-23-12-17/h1-5,7,10,17,20,23,27H,6,8-9,11-15H2,(H,25,28)/t20-/m0/s1. The van der Waals surface area contributed by atoms with E-state index in [0.29, 0.717) is 18.2 Å². The van der Waals surface area contributed by atoms with Crippen molar-refractivity contribution in [2.24, 2.45) is 5.92 Å². The number of fused-ring (bicyclic) bond motifs is 1. The number of carbonyl (C=O) groups excluding carboxylic acids is 1. The summed E-state index contributed by atoms with van der Waals surface area (Å²) in [5.74, 6) is 0.423. The molecule has 1 amide bonds. The maximum absolute atomic E-state index is 12.4. The molecule has 1 atom stereocenters. The number of benzene rings is 1. The number of hydrogen-bond donors (Lipinski definition) is 3. The molecule has 4 rings (SSSR count). The molecule has 0 aliphatic carbocycles. The summed E-state index contributed by atoms with van der Waals surface area (Å²) in [7, 11) is 0. The summed E-state index contributed by atoms with van der Waals surface area (Å²) in [5, 5.41) is 16.5. The van der Waals surface area contributed by atoms with Gasteiger partial charge in [0.05, 0.1) is 6.10 Å². The van der Waals surface area contributed by atoms with Crippen LogP contribution in [0.25, 0.3) is 0 Å². The average molecular weight is 380 g/mol. The highest BCUT2D eigenvalue weighted by molar-refractivity contribution is 5.92. The van der Waals surface area contributed by atoms with Gasteiger partial charge in [0.25, 0.3) is 5.91 Å². The third kappa shape index (κ3) is 4.76. The molecule has 28 heavy (non-hydrogen) atoms. The predicted molar refractivity (Wildman–Crippen MR) is 108 cm³/mol. The van der Waals surface area contributed by atoms with E-state index in [-0.39, 0.29) is 12.5 Å². The second-order valence-corrected chi connectivity index (χ2v) is 7.90. The van der Waals surface area contributed by atoms with Crippen LogP contribution in [0.1, 0.15) is 27.2 Å². The fraction of sp³-hybridized carbons (Fsp3) is 0.455. The molecule has 0 spiro atoms. The second kappa shape index (κ2) is 8.82. The number of nitrogens with zero attached hydrogens (tertiary/aromatic N) is 2. The molecule has 148 valence electrons. The van der Waals surface area contributed by atoms with Gasteiger partial charge in [0.15, 0.2) is 0 Å². The maximum atomic E-state index is 12.4. The Morgan fingerprint density at radius 2 is 2.11 bits per heavy atom. The first-order chi connectivity index (χ1) is 13.7. The summed E-state index contributed by atoms with van der Waals surface area (Å²) in [6, 6.07) is 12.3. The number of hydrogen-bond acceptors (Lipinski definition) is 5. The molecule has 0 unspecified atom stereocenters. The van der Waals surface area contributed by atoms with E-state index >= 15 is 0 Å². The molecule has 0 radical (unpaired) electrons. The van der Waals surface area contributed by atoms with Crippen LogP contribution in [0.2, 0.25) is 0 Å². The molecular weight excluding hydrogens is 352 g/mol. The van der Waals surface area contributed by atoms with Crippen molar-refractivity contribution in [1.82, 2.24) is 20.5 Å². The van der Waals surface area contributed by atoms with Gasteiger partial charge in [-0.3, -0.25) is 14.7 Å². The number of aromatic nitrogens is 1. The molecular formula is C22H28N4O2. The number of aliphatic hydroxyl groups is 1. The van der Waals surface area contributed by atoms with E-state index in [1.54, 1.807) is 6.20 Å². The Morgan fingerprint density at radius 3 is 2.89 bits per heavy atom. The van der Waals surface area contributed by atoms with Crippen molar-refractivity contribution in [2.75, 3.05) is 32.7 Å². The molecule has 6 nitrogen and oxygen atoms in total. The summed E-state index contributed by atoms with van der Waals surface area (Å²) in [6.45, 7) is 4.64. The van der Waals surface area contributed by atoms with Crippen LogP contribution < -0.4 is 10.6 Å². The van der Waals surface area contributed by atoms with Gasteiger partial charge in [0, 0.05) is 32.4 Å². The smallest absolute Gasteiger partial charge is 0.269 e. The molecule has 3 heterocycles. The van der Waals surface area contributed by atoms with Gasteiger partial charge in [-0.05, 0) is 60.7 Å². The van der Waals surface area contributed by atoms with Crippen LogP contribution in [0, 0.1) is 5.92 Å². The van der Waals surface area contributed by atoms with Gasteiger partial charge >= 0.3 is 0 Å². The molecule has 1 aromatic heterocycles. The highest BCUT2D eigenvalue weighted by atomic mass is 16.3.